The van der Waals surface area contributed by atoms with E-state index in [1.165, 1.54) is 0 Å². The summed E-state index contributed by atoms with van der Waals surface area (Å²) in [6.45, 7) is 4.31. The zero-order valence-electron chi connectivity index (χ0n) is 18.3. The van der Waals surface area contributed by atoms with Crippen molar-refractivity contribution >= 4 is 23.4 Å². The van der Waals surface area contributed by atoms with E-state index in [1.54, 1.807) is 4.90 Å². The Balaban J connectivity index is 1.48. The predicted octanol–water partition coefficient (Wildman–Crippen LogP) is 5.15. The molecule has 4 rings (SSSR count). The van der Waals surface area contributed by atoms with E-state index < -0.39 is 0 Å². The average Bonchev–Trinajstić information content (AvgIpc) is 2.81. The number of nitrogens with zero attached hydrogens (tertiary/aromatic N) is 2. The fourth-order valence-corrected chi connectivity index (χ4v) is 3.89. The third kappa shape index (κ3) is 5.27. The Morgan fingerprint density at radius 1 is 0.906 bits per heavy atom. The summed E-state index contributed by atoms with van der Waals surface area (Å²) in [4.78, 5) is 29.5. The van der Waals surface area contributed by atoms with Crippen molar-refractivity contribution < 1.29 is 9.59 Å². The first-order chi connectivity index (χ1) is 15.6. The van der Waals surface area contributed by atoms with Gasteiger partial charge in [0.05, 0.1) is 11.4 Å². The maximum Gasteiger partial charge on any atom is 0.324 e. The van der Waals surface area contributed by atoms with Crippen LogP contribution in [0.4, 0.5) is 21.0 Å². The number of carbonyl (C=O) groups excluding carboxylic acids is 2. The molecule has 0 atom stereocenters. The molecule has 1 heterocycles. The minimum atomic E-state index is -0.300. The Hall–Kier alpha value is -3.80. The van der Waals surface area contributed by atoms with E-state index >= 15 is 0 Å². The van der Waals surface area contributed by atoms with Gasteiger partial charge in [-0.1, -0.05) is 66.7 Å². The van der Waals surface area contributed by atoms with Crippen molar-refractivity contribution in [2.24, 2.45) is 0 Å². The van der Waals surface area contributed by atoms with Gasteiger partial charge in [0.2, 0.25) is 0 Å². The van der Waals surface area contributed by atoms with Crippen LogP contribution in [0.1, 0.15) is 23.1 Å². The molecule has 0 aromatic heterocycles. The molecule has 0 aliphatic carbocycles. The number of aryl methyl sites for hydroxylation is 1. The molecule has 1 aliphatic rings. The van der Waals surface area contributed by atoms with Crippen molar-refractivity contribution in [1.29, 1.82) is 0 Å². The minimum absolute atomic E-state index is 0.0447. The fourth-order valence-electron chi connectivity index (χ4n) is 3.89. The molecule has 0 saturated carbocycles. The molecule has 1 saturated heterocycles. The highest BCUT2D eigenvalue weighted by atomic mass is 16.2. The second-order valence-corrected chi connectivity index (χ2v) is 8.01. The van der Waals surface area contributed by atoms with Crippen LogP contribution in [0.3, 0.4) is 0 Å². The van der Waals surface area contributed by atoms with Crippen LogP contribution in [-0.2, 0) is 13.1 Å². The first-order valence-electron chi connectivity index (χ1n) is 10.9. The number of rotatable bonds is 6. The van der Waals surface area contributed by atoms with Gasteiger partial charge < -0.3 is 15.5 Å². The van der Waals surface area contributed by atoms with Crippen LogP contribution < -0.4 is 15.5 Å². The summed E-state index contributed by atoms with van der Waals surface area (Å²) in [5.41, 5.74) is 4.48. The molecule has 3 aromatic carbocycles. The maximum atomic E-state index is 13.3. The fraction of sp³-hybridized carbons (Fsp3) is 0.231. The Morgan fingerprint density at radius 3 is 2.31 bits per heavy atom. The van der Waals surface area contributed by atoms with Crippen LogP contribution in [0.15, 0.2) is 78.9 Å². The zero-order chi connectivity index (χ0) is 22.3. The number of hydrogen-bond donors (Lipinski definition) is 2. The summed E-state index contributed by atoms with van der Waals surface area (Å²) in [5, 5.41) is 5.83. The van der Waals surface area contributed by atoms with Crippen LogP contribution in [0.5, 0.6) is 0 Å². The molecule has 1 fully saturated rings. The number of anilines is 2. The molecule has 0 unspecified atom stereocenters. The third-order valence-corrected chi connectivity index (χ3v) is 5.51. The number of amides is 4. The molecular weight excluding hydrogens is 400 g/mol. The van der Waals surface area contributed by atoms with Crippen molar-refractivity contribution in [3.63, 3.8) is 0 Å². The summed E-state index contributed by atoms with van der Waals surface area (Å²) >= 11 is 0. The monoisotopic (exact) mass is 428 g/mol. The van der Waals surface area contributed by atoms with E-state index in [9.17, 15) is 9.59 Å². The summed E-state index contributed by atoms with van der Waals surface area (Å²) < 4.78 is 0. The second-order valence-electron chi connectivity index (χ2n) is 8.01. The van der Waals surface area contributed by atoms with Gasteiger partial charge in [0.15, 0.2) is 0 Å². The van der Waals surface area contributed by atoms with Gasteiger partial charge in [0.1, 0.15) is 0 Å². The van der Waals surface area contributed by atoms with Crippen LogP contribution in [-0.4, -0.2) is 30.1 Å². The third-order valence-electron chi connectivity index (χ3n) is 5.51. The van der Waals surface area contributed by atoms with Gasteiger partial charge >= 0.3 is 12.1 Å². The number of carbonyl (C=O) groups is 2. The summed E-state index contributed by atoms with van der Waals surface area (Å²) in [7, 11) is 0. The zero-order valence-corrected chi connectivity index (χ0v) is 18.3. The largest absolute Gasteiger partial charge is 0.334 e. The number of urea groups is 2. The van der Waals surface area contributed by atoms with Gasteiger partial charge in [-0.3, -0.25) is 4.90 Å². The minimum Gasteiger partial charge on any atom is -0.334 e. The Morgan fingerprint density at radius 2 is 1.59 bits per heavy atom. The first-order valence-corrected chi connectivity index (χ1v) is 10.9. The van der Waals surface area contributed by atoms with E-state index in [0.29, 0.717) is 31.0 Å². The summed E-state index contributed by atoms with van der Waals surface area (Å²) in [6.07, 6.45) is 0.867. The molecule has 0 bridgehead atoms. The SMILES string of the molecule is Cc1ccc(N2CCCN(Cc3ccccc3)C2=O)c(NC(=O)NCc2ccccc2)c1. The van der Waals surface area contributed by atoms with E-state index in [-0.39, 0.29) is 12.1 Å². The molecule has 4 amide bonds. The molecular formula is C26H28N4O2. The van der Waals surface area contributed by atoms with Crippen molar-refractivity contribution in [2.75, 3.05) is 23.3 Å². The van der Waals surface area contributed by atoms with E-state index in [2.05, 4.69) is 10.6 Å². The highest BCUT2D eigenvalue weighted by Gasteiger charge is 2.28. The van der Waals surface area contributed by atoms with Crippen LogP contribution in [0, 0.1) is 6.92 Å². The van der Waals surface area contributed by atoms with Gasteiger partial charge in [-0.15, -0.1) is 0 Å². The lowest BCUT2D eigenvalue weighted by molar-refractivity contribution is 0.192. The van der Waals surface area contributed by atoms with Gasteiger partial charge in [-0.05, 0) is 42.2 Å². The number of hydrogen-bond acceptors (Lipinski definition) is 2. The van der Waals surface area contributed by atoms with E-state index in [0.717, 1.165) is 29.7 Å². The summed E-state index contributed by atoms with van der Waals surface area (Å²) in [5.74, 6) is 0. The maximum absolute atomic E-state index is 13.3. The predicted molar refractivity (Wildman–Crippen MR) is 128 cm³/mol. The van der Waals surface area contributed by atoms with Gasteiger partial charge in [0.25, 0.3) is 0 Å². The number of benzene rings is 3. The Labute approximate surface area is 188 Å². The molecule has 6 nitrogen and oxygen atoms in total. The highest BCUT2D eigenvalue weighted by Crippen LogP contribution is 2.30. The molecule has 0 spiro atoms. The van der Waals surface area contributed by atoms with Gasteiger partial charge in [-0.2, -0.15) is 0 Å². The quantitative estimate of drug-likeness (QED) is 0.570. The molecule has 1 aliphatic heterocycles. The first kappa shape index (κ1) is 21.4. The van der Waals surface area contributed by atoms with Gasteiger partial charge in [0, 0.05) is 26.2 Å². The van der Waals surface area contributed by atoms with Crippen molar-refractivity contribution in [3.8, 4) is 0 Å². The molecule has 32 heavy (non-hydrogen) atoms. The topological polar surface area (TPSA) is 64.7 Å². The molecule has 2 N–H and O–H groups in total. The Bertz CT molecular complexity index is 1070. The standard InChI is InChI=1S/C26H28N4O2/c1-20-13-14-24(23(17-20)28-25(31)27-18-21-9-4-2-5-10-21)30-16-8-15-29(26(30)32)19-22-11-6-3-7-12-22/h2-7,9-14,17H,8,15-16,18-19H2,1H3,(H2,27,28,31). The Kier molecular flexibility index (Phi) is 6.70. The average molecular weight is 429 g/mol. The summed E-state index contributed by atoms with van der Waals surface area (Å²) in [6, 6.07) is 25.2. The lowest BCUT2D eigenvalue weighted by Crippen LogP contribution is -2.49. The molecule has 3 aromatic rings. The van der Waals surface area contributed by atoms with Crippen LogP contribution in [0.2, 0.25) is 0 Å². The van der Waals surface area contributed by atoms with Crippen LogP contribution in [0.25, 0.3) is 0 Å². The van der Waals surface area contributed by atoms with Crippen molar-refractivity contribution in [1.82, 2.24) is 10.2 Å². The molecule has 0 radical (unpaired) electrons. The van der Waals surface area contributed by atoms with Gasteiger partial charge in [-0.25, -0.2) is 9.59 Å². The van der Waals surface area contributed by atoms with E-state index in [4.69, 9.17) is 0 Å². The molecule has 6 heteroatoms. The van der Waals surface area contributed by atoms with Crippen LogP contribution >= 0.6 is 0 Å². The lowest BCUT2D eigenvalue weighted by atomic mass is 10.1. The van der Waals surface area contributed by atoms with Crippen molar-refractivity contribution in [2.45, 2.75) is 26.4 Å². The number of nitrogens with one attached hydrogen (secondary N) is 2. The van der Waals surface area contributed by atoms with E-state index in [1.807, 2.05) is 90.7 Å². The van der Waals surface area contributed by atoms with Crippen molar-refractivity contribution in [3.05, 3.63) is 95.6 Å². The normalized spacial score (nSPS) is 13.7. The lowest BCUT2D eigenvalue weighted by Gasteiger charge is -2.36. The second kappa shape index (κ2) is 10.0. The molecule has 164 valence electrons. The highest BCUT2D eigenvalue weighted by molar-refractivity contribution is 6.00. The smallest absolute Gasteiger partial charge is 0.324 e.